The van der Waals surface area contributed by atoms with Gasteiger partial charge in [0.1, 0.15) is 4.88 Å². The van der Waals surface area contributed by atoms with Gasteiger partial charge in [-0.25, -0.2) is 4.98 Å². The van der Waals surface area contributed by atoms with E-state index in [1.807, 2.05) is 0 Å². The van der Waals surface area contributed by atoms with Gasteiger partial charge in [-0.15, -0.1) is 0 Å². The maximum Gasteiger partial charge on any atom is 0.310 e. The normalized spacial score (nSPS) is 18.9. The molecule has 1 aromatic heterocycles. The zero-order chi connectivity index (χ0) is 14.7. The Morgan fingerprint density at radius 2 is 2.30 bits per heavy atom. The molecule has 0 aromatic carbocycles. The highest BCUT2D eigenvalue weighted by molar-refractivity contribution is 7.17. The van der Waals surface area contributed by atoms with Crippen molar-refractivity contribution in [3.8, 4) is 0 Å². The van der Waals surface area contributed by atoms with Gasteiger partial charge in [0.2, 0.25) is 0 Å². The second-order valence-electron chi connectivity index (χ2n) is 4.81. The number of anilines is 1. The highest BCUT2D eigenvalue weighted by atomic mass is 32.1. The number of hydrogen-bond donors (Lipinski definition) is 1. The van der Waals surface area contributed by atoms with Gasteiger partial charge in [-0.1, -0.05) is 11.3 Å². The van der Waals surface area contributed by atoms with Crippen molar-refractivity contribution >= 4 is 28.3 Å². The minimum absolute atomic E-state index is 0.0919. The van der Waals surface area contributed by atoms with Crippen LogP contribution in [0.2, 0.25) is 0 Å². The van der Waals surface area contributed by atoms with Gasteiger partial charge in [0.05, 0.1) is 18.2 Å². The first kappa shape index (κ1) is 14.8. The summed E-state index contributed by atoms with van der Waals surface area (Å²) in [6, 6.07) is 0. The molecule has 0 saturated carbocycles. The number of carbonyl (C=O) groups excluding carboxylic acids is 2. The van der Waals surface area contributed by atoms with E-state index in [0.717, 1.165) is 12.8 Å². The first-order valence-electron chi connectivity index (χ1n) is 6.71. The van der Waals surface area contributed by atoms with Gasteiger partial charge >= 0.3 is 5.97 Å². The van der Waals surface area contributed by atoms with Gasteiger partial charge in [-0.2, -0.15) is 0 Å². The molecule has 20 heavy (non-hydrogen) atoms. The van der Waals surface area contributed by atoms with E-state index >= 15 is 0 Å². The van der Waals surface area contributed by atoms with Crippen LogP contribution in [0.25, 0.3) is 0 Å². The molecule has 1 fully saturated rings. The molecule has 1 atom stereocenters. The largest absolute Gasteiger partial charge is 0.466 e. The summed E-state index contributed by atoms with van der Waals surface area (Å²) in [5.41, 5.74) is 6.27. The monoisotopic (exact) mass is 297 g/mol. The lowest BCUT2D eigenvalue weighted by Crippen LogP contribution is -2.42. The Balaban J connectivity index is 2.07. The molecule has 0 aliphatic carbocycles. The molecule has 2 N–H and O–H groups in total. The Morgan fingerprint density at radius 3 is 2.90 bits per heavy atom. The van der Waals surface area contributed by atoms with E-state index in [2.05, 4.69) is 4.98 Å². The SMILES string of the molecule is CCOC(=O)C1CCCN(C(=O)c2sc(N)nc2C)C1. The summed E-state index contributed by atoms with van der Waals surface area (Å²) in [6.07, 6.45) is 1.58. The van der Waals surface area contributed by atoms with Crippen molar-refractivity contribution in [3.63, 3.8) is 0 Å². The molecule has 0 bridgehead atoms. The summed E-state index contributed by atoms with van der Waals surface area (Å²) in [7, 11) is 0. The van der Waals surface area contributed by atoms with Crippen LogP contribution in [0, 0.1) is 12.8 Å². The van der Waals surface area contributed by atoms with Crippen molar-refractivity contribution in [1.82, 2.24) is 9.88 Å². The minimum atomic E-state index is -0.224. The van der Waals surface area contributed by atoms with Crippen LogP contribution in [0.15, 0.2) is 0 Å². The Kier molecular flexibility index (Phi) is 4.59. The number of aryl methyl sites for hydroxylation is 1. The standard InChI is InChI=1S/C13H19N3O3S/c1-3-19-12(18)9-5-4-6-16(7-9)11(17)10-8(2)15-13(14)20-10/h9H,3-7H2,1-2H3,(H2,14,15). The van der Waals surface area contributed by atoms with Crippen molar-refractivity contribution in [1.29, 1.82) is 0 Å². The number of hydrogen-bond acceptors (Lipinski definition) is 6. The number of amides is 1. The fourth-order valence-electron chi connectivity index (χ4n) is 2.37. The van der Waals surface area contributed by atoms with E-state index in [9.17, 15) is 9.59 Å². The number of rotatable bonds is 3. The number of nitrogens with two attached hydrogens (primary N) is 1. The van der Waals surface area contributed by atoms with Crippen molar-refractivity contribution in [2.24, 2.45) is 5.92 Å². The molecule has 6 nitrogen and oxygen atoms in total. The molecule has 0 radical (unpaired) electrons. The van der Waals surface area contributed by atoms with E-state index in [4.69, 9.17) is 10.5 Å². The van der Waals surface area contributed by atoms with E-state index in [-0.39, 0.29) is 17.8 Å². The Bertz CT molecular complexity index is 515. The summed E-state index contributed by atoms with van der Waals surface area (Å²) in [6.45, 7) is 4.99. The predicted octanol–water partition coefficient (Wildman–Crippen LogP) is 1.45. The van der Waals surface area contributed by atoms with Crippen LogP contribution in [0.4, 0.5) is 5.13 Å². The summed E-state index contributed by atoms with van der Waals surface area (Å²) in [5.74, 6) is -0.533. The average Bonchev–Trinajstić information content (AvgIpc) is 2.77. The molecule has 2 heterocycles. The van der Waals surface area contributed by atoms with E-state index in [1.54, 1.807) is 18.7 Å². The lowest BCUT2D eigenvalue weighted by molar-refractivity contribution is -0.149. The number of likely N-dealkylation sites (tertiary alicyclic amines) is 1. The third-order valence-corrected chi connectivity index (χ3v) is 4.31. The van der Waals surface area contributed by atoms with Gasteiger partial charge < -0.3 is 15.4 Å². The van der Waals surface area contributed by atoms with Crippen LogP contribution in [-0.4, -0.2) is 41.5 Å². The summed E-state index contributed by atoms with van der Waals surface area (Å²) >= 11 is 1.20. The number of nitrogen functional groups attached to an aromatic ring is 1. The first-order valence-corrected chi connectivity index (χ1v) is 7.53. The third-order valence-electron chi connectivity index (χ3n) is 3.34. The van der Waals surface area contributed by atoms with Crippen LogP contribution in [0.5, 0.6) is 0 Å². The maximum absolute atomic E-state index is 12.4. The second-order valence-corrected chi connectivity index (χ2v) is 5.84. The minimum Gasteiger partial charge on any atom is -0.466 e. The number of carbonyl (C=O) groups is 2. The van der Waals surface area contributed by atoms with Crippen LogP contribution in [-0.2, 0) is 9.53 Å². The average molecular weight is 297 g/mol. The maximum atomic E-state index is 12.4. The Hall–Kier alpha value is -1.63. The van der Waals surface area contributed by atoms with E-state index < -0.39 is 0 Å². The highest BCUT2D eigenvalue weighted by Crippen LogP contribution is 2.25. The Labute approximate surface area is 121 Å². The molecule has 1 aromatic rings. The topological polar surface area (TPSA) is 85.5 Å². The molecule has 1 aliphatic rings. The van der Waals surface area contributed by atoms with Crippen molar-refractivity contribution < 1.29 is 14.3 Å². The van der Waals surface area contributed by atoms with Gasteiger partial charge in [-0.05, 0) is 26.7 Å². The number of aromatic nitrogens is 1. The van der Waals surface area contributed by atoms with Gasteiger partial charge in [0.25, 0.3) is 5.91 Å². The van der Waals surface area contributed by atoms with E-state index in [0.29, 0.717) is 35.4 Å². The van der Waals surface area contributed by atoms with Crippen molar-refractivity contribution in [2.75, 3.05) is 25.4 Å². The molecule has 110 valence electrons. The van der Waals surface area contributed by atoms with Crippen LogP contribution >= 0.6 is 11.3 Å². The number of piperidine rings is 1. The lowest BCUT2D eigenvalue weighted by atomic mass is 9.98. The summed E-state index contributed by atoms with van der Waals surface area (Å²) in [5, 5.41) is 0.393. The third kappa shape index (κ3) is 3.09. The van der Waals surface area contributed by atoms with Gasteiger partial charge in [0.15, 0.2) is 5.13 Å². The van der Waals surface area contributed by atoms with Crippen molar-refractivity contribution in [2.45, 2.75) is 26.7 Å². The van der Waals surface area contributed by atoms with Crippen LogP contribution < -0.4 is 5.73 Å². The van der Waals surface area contributed by atoms with E-state index in [1.165, 1.54) is 11.3 Å². The molecular formula is C13H19N3O3S. The second kappa shape index (κ2) is 6.21. The molecule has 2 rings (SSSR count). The molecule has 0 spiro atoms. The lowest BCUT2D eigenvalue weighted by Gasteiger charge is -2.31. The molecule has 7 heteroatoms. The smallest absolute Gasteiger partial charge is 0.310 e. The molecule has 1 saturated heterocycles. The molecule has 1 aliphatic heterocycles. The zero-order valence-corrected chi connectivity index (χ0v) is 12.5. The number of nitrogens with zero attached hydrogens (tertiary/aromatic N) is 2. The fraction of sp³-hybridized carbons (Fsp3) is 0.615. The highest BCUT2D eigenvalue weighted by Gasteiger charge is 2.31. The fourth-order valence-corrected chi connectivity index (χ4v) is 3.17. The number of ether oxygens (including phenoxy) is 1. The van der Waals surface area contributed by atoms with Gasteiger partial charge in [0, 0.05) is 13.1 Å². The number of thiazole rings is 1. The van der Waals surface area contributed by atoms with Crippen molar-refractivity contribution in [3.05, 3.63) is 10.6 Å². The zero-order valence-electron chi connectivity index (χ0n) is 11.7. The predicted molar refractivity (Wildman–Crippen MR) is 76.5 cm³/mol. The quantitative estimate of drug-likeness (QED) is 0.853. The van der Waals surface area contributed by atoms with Crippen LogP contribution in [0.1, 0.15) is 35.1 Å². The molecule has 1 amide bonds. The summed E-state index contributed by atoms with van der Waals surface area (Å²) < 4.78 is 5.04. The molecule has 1 unspecified atom stereocenters. The first-order chi connectivity index (χ1) is 9.52. The van der Waals surface area contributed by atoms with Gasteiger partial charge in [-0.3, -0.25) is 9.59 Å². The summed E-state index contributed by atoms with van der Waals surface area (Å²) in [4.78, 5) is 30.6. The molecular weight excluding hydrogens is 278 g/mol. The Morgan fingerprint density at radius 1 is 1.55 bits per heavy atom. The van der Waals surface area contributed by atoms with Crippen LogP contribution in [0.3, 0.4) is 0 Å². The number of esters is 1.